The van der Waals surface area contributed by atoms with Gasteiger partial charge < -0.3 is 5.73 Å². The van der Waals surface area contributed by atoms with Crippen LogP contribution in [0.25, 0.3) is 0 Å². The monoisotopic (exact) mass is 241 g/mol. The molecule has 1 aromatic rings. The highest BCUT2D eigenvalue weighted by atomic mass is 79.9. The van der Waals surface area contributed by atoms with Gasteiger partial charge in [-0.05, 0) is 29.5 Å². The Bertz CT molecular complexity index is 292. The van der Waals surface area contributed by atoms with Crippen molar-refractivity contribution >= 4 is 15.9 Å². The summed E-state index contributed by atoms with van der Waals surface area (Å²) in [5, 5.41) is 0. The van der Waals surface area contributed by atoms with Crippen LogP contribution in [0, 0.1) is 6.92 Å². The lowest BCUT2D eigenvalue weighted by atomic mass is 9.98. The number of rotatable bonds is 2. The first kappa shape index (κ1) is 10.7. The van der Waals surface area contributed by atoms with Gasteiger partial charge in [-0.3, -0.25) is 0 Å². The highest BCUT2D eigenvalue weighted by molar-refractivity contribution is 9.09. The van der Waals surface area contributed by atoms with Gasteiger partial charge in [0.05, 0.1) is 4.95 Å². The van der Waals surface area contributed by atoms with E-state index in [9.17, 15) is 0 Å². The van der Waals surface area contributed by atoms with Crippen LogP contribution in [0.15, 0.2) is 18.2 Å². The molecule has 0 saturated heterocycles. The average Bonchev–Trinajstić information content (AvgIpc) is 2.04. The van der Waals surface area contributed by atoms with Crippen molar-refractivity contribution in [2.75, 3.05) is 0 Å². The van der Waals surface area contributed by atoms with Crippen LogP contribution in [-0.4, -0.2) is 0 Å². The van der Waals surface area contributed by atoms with Gasteiger partial charge in [0.15, 0.2) is 0 Å². The molecule has 0 heterocycles. The summed E-state index contributed by atoms with van der Waals surface area (Å²) in [7, 11) is 0. The molecule has 0 bridgehead atoms. The summed E-state index contributed by atoms with van der Waals surface area (Å²) in [5.41, 5.74) is 9.57. The highest BCUT2D eigenvalue weighted by Crippen LogP contribution is 2.24. The Morgan fingerprint density at radius 1 is 1.31 bits per heavy atom. The summed E-state index contributed by atoms with van der Waals surface area (Å²) < 4.78 is 0. The highest BCUT2D eigenvalue weighted by Gasteiger charge is 2.07. The van der Waals surface area contributed by atoms with E-state index in [1.165, 1.54) is 16.7 Å². The molecular formula is C11H16BrN. The molecule has 1 nitrogen and oxygen atoms in total. The minimum absolute atomic E-state index is 0.0498. The van der Waals surface area contributed by atoms with Gasteiger partial charge in [0.1, 0.15) is 0 Å². The molecule has 2 N–H and O–H groups in total. The van der Waals surface area contributed by atoms with Gasteiger partial charge in [0, 0.05) is 0 Å². The van der Waals surface area contributed by atoms with Crippen molar-refractivity contribution in [1.29, 1.82) is 0 Å². The molecular weight excluding hydrogens is 226 g/mol. The van der Waals surface area contributed by atoms with Crippen LogP contribution in [0.3, 0.4) is 0 Å². The fourth-order valence-electron chi connectivity index (χ4n) is 1.32. The van der Waals surface area contributed by atoms with E-state index in [2.05, 4.69) is 54.9 Å². The van der Waals surface area contributed by atoms with Crippen molar-refractivity contribution < 1.29 is 0 Å². The third-order valence-electron chi connectivity index (χ3n) is 2.27. The Morgan fingerprint density at radius 2 is 1.92 bits per heavy atom. The maximum absolute atomic E-state index is 5.80. The normalized spacial score (nSPS) is 13.4. The smallest absolute Gasteiger partial charge is 0.0864 e. The number of hydrogen-bond acceptors (Lipinski definition) is 1. The van der Waals surface area contributed by atoms with Gasteiger partial charge in [-0.15, -0.1) is 0 Å². The van der Waals surface area contributed by atoms with Crippen molar-refractivity contribution in [3.8, 4) is 0 Å². The molecule has 0 amide bonds. The van der Waals surface area contributed by atoms with Crippen LogP contribution in [0.4, 0.5) is 0 Å². The molecule has 0 spiro atoms. The molecule has 1 unspecified atom stereocenters. The first-order chi connectivity index (χ1) is 6.02. The van der Waals surface area contributed by atoms with Crippen molar-refractivity contribution in [2.24, 2.45) is 5.73 Å². The molecule has 0 radical (unpaired) electrons. The van der Waals surface area contributed by atoms with E-state index in [0.717, 1.165) is 0 Å². The molecule has 1 atom stereocenters. The summed E-state index contributed by atoms with van der Waals surface area (Å²) in [5.74, 6) is 0.561. The number of nitrogens with two attached hydrogens (primary N) is 1. The first-order valence-electron chi connectivity index (χ1n) is 4.52. The third-order valence-corrected chi connectivity index (χ3v) is 2.76. The van der Waals surface area contributed by atoms with Crippen molar-refractivity contribution in [1.82, 2.24) is 0 Å². The zero-order chi connectivity index (χ0) is 10.0. The van der Waals surface area contributed by atoms with Crippen LogP contribution in [0.2, 0.25) is 0 Å². The second-order valence-corrected chi connectivity index (χ2v) is 4.66. The summed E-state index contributed by atoms with van der Waals surface area (Å²) in [6.45, 7) is 6.46. The van der Waals surface area contributed by atoms with Crippen LogP contribution in [0.5, 0.6) is 0 Å². The van der Waals surface area contributed by atoms with Crippen molar-refractivity contribution in [2.45, 2.75) is 31.6 Å². The molecule has 1 rings (SSSR count). The van der Waals surface area contributed by atoms with E-state index in [4.69, 9.17) is 5.73 Å². The predicted molar refractivity (Wildman–Crippen MR) is 61.1 cm³/mol. The molecule has 2 heteroatoms. The van der Waals surface area contributed by atoms with Crippen molar-refractivity contribution in [3.05, 3.63) is 34.9 Å². The summed E-state index contributed by atoms with van der Waals surface area (Å²) in [6, 6.07) is 6.48. The van der Waals surface area contributed by atoms with Crippen molar-refractivity contribution in [3.63, 3.8) is 0 Å². The van der Waals surface area contributed by atoms with E-state index in [1.54, 1.807) is 0 Å². The Balaban J connectivity index is 3.11. The molecule has 0 aliphatic heterocycles. The lowest BCUT2D eigenvalue weighted by molar-refractivity contribution is 0.859. The zero-order valence-corrected chi connectivity index (χ0v) is 9.93. The molecule has 72 valence electrons. The van der Waals surface area contributed by atoms with Gasteiger partial charge in [-0.25, -0.2) is 0 Å². The zero-order valence-electron chi connectivity index (χ0n) is 8.34. The minimum Gasteiger partial charge on any atom is -0.315 e. The summed E-state index contributed by atoms with van der Waals surface area (Å²) in [6.07, 6.45) is 0. The van der Waals surface area contributed by atoms with E-state index >= 15 is 0 Å². The molecule has 13 heavy (non-hydrogen) atoms. The Hall–Kier alpha value is -0.340. The maximum Gasteiger partial charge on any atom is 0.0864 e. The minimum atomic E-state index is -0.0498. The topological polar surface area (TPSA) is 26.0 Å². The molecule has 0 saturated carbocycles. The average molecular weight is 242 g/mol. The van der Waals surface area contributed by atoms with E-state index < -0.39 is 0 Å². The van der Waals surface area contributed by atoms with E-state index in [0.29, 0.717) is 5.92 Å². The summed E-state index contributed by atoms with van der Waals surface area (Å²) >= 11 is 3.39. The molecule has 1 aromatic carbocycles. The molecule has 0 fully saturated rings. The van der Waals surface area contributed by atoms with Crippen LogP contribution >= 0.6 is 15.9 Å². The largest absolute Gasteiger partial charge is 0.315 e. The molecule has 0 aliphatic carbocycles. The number of aryl methyl sites for hydroxylation is 1. The summed E-state index contributed by atoms with van der Waals surface area (Å²) in [4.78, 5) is -0.0498. The Morgan fingerprint density at radius 3 is 2.38 bits per heavy atom. The Labute approximate surface area is 88.5 Å². The number of benzene rings is 1. The number of halogens is 1. The standard InChI is InChI=1S/C11H16BrN/c1-7(2)9-5-4-8(3)10(6-9)11(12)13/h4-7,11H,13H2,1-3H3. The van der Waals surface area contributed by atoms with Crippen LogP contribution in [-0.2, 0) is 0 Å². The predicted octanol–water partition coefficient (Wildman–Crippen LogP) is 3.47. The Kier molecular flexibility index (Phi) is 3.51. The van der Waals surface area contributed by atoms with E-state index in [1.807, 2.05) is 0 Å². The third kappa shape index (κ3) is 2.55. The lowest BCUT2D eigenvalue weighted by Gasteiger charge is -2.12. The van der Waals surface area contributed by atoms with Gasteiger partial charge in [0.2, 0.25) is 0 Å². The maximum atomic E-state index is 5.80. The first-order valence-corrected chi connectivity index (χ1v) is 5.44. The van der Waals surface area contributed by atoms with Gasteiger partial charge in [-0.1, -0.05) is 48.0 Å². The van der Waals surface area contributed by atoms with Gasteiger partial charge >= 0.3 is 0 Å². The molecule has 0 aromatic heterocycles. The fraction of sp³-hybridized carbons (Fsp3) is 0.455. The van der Waals surface area contributed by atoms with Gasteiger partial charge in [0.25, 0.3) is 0 Å². The van der Waals surface area contributed by atoms with Crippen LogP contribution in [0.1, 0.15) is 41.4 Å². The number of alkyl halides is 1. The number of hydrogen-bond donors (Lipinski definition) is 1. The van der Waals surface area contributed by atoms with E-state index in [-0.39, 0.29) is 4.95 Å². The quantitative estimate of drug-likeness (QED) is 0.623. The fourth-order valence-corrected chi connectivity index (χ4v) is 1.81. The second-order valence-electron chi connectivity index (χ2n) is 3.67. The van der Waals surface area contributed by atoms with Gasteiger partial charge in [-0.2, -0.15) is 0 Å². The SMILES string of the molecule is Cc1ccc(C(C)C)cc1C(N)Br. The lowest BCUT2D eigenvalue weighted by Crippen LogP contribution is -2.04. The second kappa shape index (κ2) is 4.25. The van der Waals surface area contributed by atoms with Crippen LogP contribution < -0.4 is 5.73 Å². The molecule has 0 aliphatic rings.